The van der Waals surface area contributed by atoms with Gasteiger partial charge in [0.15, 0.2) is 0 Å². The molecule has 0 unspecified atom stereocenters. The maximum atomic E-state index is 12.8. The Labute approximate surface area is 183 Å². The molecule has 0 aliphatic carbocycles. The minimum Gasteiger partial charge on any atom is -0.361 e. The van der Waals surface area contributed by atoms with E-state index in [0.29, 0.717) is 16.9 Å². The largest absolute Gasteiger partial charge is 0.361 e. The van der Waals surface area contributed by atoms with Gasteiger partial charge in [0.1, 0.15) is 5.76 Å². The molecule has 0 bridgehead atoms. The lowest BCUT2D eigenvalue weighted by atomic mass is 10.2. The van der Waals surface area contributed by atoms with Crippen LogP contribution in [0, 0.1) is 13.8 Å². The first-order valence-electron chi connectivity index (χ1n) is 9.74. The molecule has 0 saturated carbocycles. The highest BCUT2D eigenvalue weighted by Crippen LogP contribution is 2.28. The number of hydrogen-bond acceptors (Lipinski definition) is 5. The van der Waals surface area contributed by atoms with Gasteiger partial charge in [-0.25, -0.2) is 0 Å². The molecular weight excluding hydrogens is 412 g/mol. The minimum atomic E-state index is -0.379. The average molecular weight is 435 g/mol. The van der Waals surface area contributed by atoms with Crippen LogP contribution in [0.1, 0.15) is 37.7 Å². The Hall–Kier alpha value is -3.52. The fourth-order valence-corrected chi connectivity index (χ4v) is 4.61. The average Bonchev–Trinajstić information content (AvgIpc) is 3.29. The molecule has 2 aromatic heterocycles. The Kier molecular flexibility index (Phi) is 5.81. The van der Waals surface area contributed by atoms with Crippen molar-refractivity contribution >= 4 is 34.5 Å². The highest BCUT2D eigenvalue weighted by molar-refractivity contribution is 7.98. The molecule has 4 rings (SSSR count). The lowest BCUT2D eigenvalue weighted by molar-refractivity contribution is 0.0846. The van der Waals surface area contributed by atoms with Crippen molar-refractivity contribution in [2.45, 2.75) is 24.5 Å². The third-order valence-electron chi connectivity index (χ3n) is 5.12. The van der Waals surface area contributed by atoms with Gasteiger partial charge in [0.25, 0.3) is 11.8 Å². The highest BCUT2D eigenvalue weighted by atomic mass is 32.2. The highest BCUT2D eigenvalue weighted by Gasteiger charge is 2.17. The molecule has 31 heavy (non-hydrogen) atoms. The summed E-state index contributed by atoms with van der Waals surface area (Å²) in [6.07, 6.45) is 1.75. The first-order chi connectivity index (χ1) is 15.0. The van der Waals surface area contributed by atoms with E-state index in [1.165, 1.54) is 11.8 Å². The van der Waals surface area contributed by atoms with Gasteiger partial charge in [-0.05, 0) is 32.0 Å². The number of rotatable bonds is 5. The number of aryl methyl sites for hydroxylation is 3. The van der Waals surface area contributed by atoms with Gasteiger partial charge in [0.05, 0.1) is 16.8 Å². The summed E-state index contributed by atoms with van der Waals surface area (Å²) in [7, 11) is 1.88. The van der Waals surface area contributed by atoms with E-state index in [2.05, 4.69) is 16.0 Å². The molecule has 0 atom stereocenters. The van der Waals surface area contributed by atoms with Gasteiger partial charge >= 0.3 is 0 Å². The van der Waals surface area contributed by atoms with Crippen molar-refractivity contribution in [2.75, 3.05) is 0 Å². The molecule has 2 amide bonds. The number of hydrogen-bond donors (Lipinski definition) is 2. The van der Waals surface area contributed by atoms with E-state index < -0.39 is 0 Å². The summed E-state index contributed by atoms with van der Waals surface area (Å²) in [6, 6.07) is 14.9. The van der Waals surface area contributed by atoms with Crippen LogP contribution < -0.4 is 10.9 Å². The summed E-state index contributed by atoms with van der Waals surface area (Å²) in [5, 5.41) is 4.80. The number of benzene rings is 2. The SMILES string of the molecule is Cc1noc(C)c1CSc1ccccc1C(=O)NNC(=O)c1cn(C)c2ccccc12. The number of carbonyl (C=O) groups is 2. The van der Waals surface area contributed by atoms with Crippen molar-refractivity contribution in [3.63, 3.8) is 0 Å². The summed E-state index contributed by atoms with van der Waals surface area (Å²) in [5.74, 6) is 0.657. The molecule has 0 saturated heterocycles. The molecule has 2 aromatic carbocycles. The molecule has 158 valence electrons. The number of carbonyl (C=O) groups excluding carboxylic acids is 2. The Balaban J connectivity index is 1.46. The molecule has 0 aliphatic rings. The number of hydrazine groups is 1. The number of amides is 2. The lowest BCUT2D eigenvalue weighted by Gasteiger charge is -2.11. The molecular formula is C23H22N4O3S. The fourth-order valence-electron chi connectivity index (χ4n) is 3.41. The third-order valence-corrected chi connectivity index (χ3v) is 6.22. The lowest BCUT2D eigenvalue weighted by Crippen LogP contribution is -2.41. The zero-order valence-electron chi connectivity index (χ0n) is 17.4. The smallest absolute Gasteiger partial charge is 0.271 e. The molecule has 0 radical (unpaired) electrons. The van der Waals surface area contributed by atoms with E-state index in [-0.39, 0.29) is 11.8 Å². The van der Waals surface area contributed by atoms with Crippen molar-refractivity contribution in [3.05, 3.63) is 82.9 Å². The van der Waals surface area contributed by atoms with E-state index in [9.17, 15) is 9.59 Å². The van der Waals surface area contributed by atoms with Crippen LogP contribution in [0.15, 0.2) is 64.1 Å². The maximum absolute atomic E-state index is 12.8. The van der Waals surface area contributed by atoms with Gasteiger partial charge in [-0.2, -0.15) is 0 Å². The molecule has 4 aromatic rings. The third kappa shape index (κ3) is 4.20. The Morgan fingerprint density at radius 2 is 1.68 bits per heavy atom. The summed E-state index contributed by atoms with van der Waals surface area (Å²) in [6.45, 7) is 3.77. The fraction of sp³-hybridized carbons (Fsp3) is 0.174. The van der Waals surface area contributed by atoms with Crippen molar-refractivity contribution in [1.29, 1.82) is 0 Å². The minimum absolute atomic E-state index is 0.369. The van der Waals surface area contributed by atoms with Crippen molar-refractivity contribution in [2.24, 2.45) is 7.05 Å². The van der Waals surface area contributed by atoms with Crippen molar-refractivity contribution in [1.82, 2.24) is 20.6 Å². The van der Waals surface area contributed by atoms with Gasteiger partial charge in [-0.3, -0.25) is 20.4 Å². The maximum Gasteiger partial charge on any atom is 0.271 e. The second kappa shape index (κ2) is 8.69. The van der Waals surface area contributed by atoms with Crippen LogP contribution in [0.3, 0.4) is 0 Å². The van der Waals surface area contributed by atoms with Gasteiger partial charge in [-0.1, -0.05) is 35.5 Å². The molecule has 0 spiro atoms. The zero-order chi connectivity index (χ0) is 22.0. The number of fused-ring (bicyclic) bond motifs is 1. The summed E-state index contributed by atoms with van der Waals surface area (Å²) < 4.78 is 7.09. The number of nitrogens with one attached hydrogen (secondary N) is 2. The molecule has 2 heterocycles. The van der Waals surface area contributed by atoms with Crippen LogP contribution in [0.2, 0.25) is 0 Å². The Morgan fingerprint density at radius 1 is 1.00 bits per heavy atom. The van der Waals surface area contributed by atoms with E-state index in [1.807, 2.05) is 61.9 Å². The molecule has 8 heteroatoms. The summed E-state index contributed by atoms with van der Waals surface area (Å²) >= 11 is 1.52. The second-order valence-corrected chi connectivity index (χ2v) is 8.18. The Morgan fingerprint density at radius 3 is 2.42 bits per heavy atom. The Bertz CT molecular complexity index is 1260. The van der Waals surface area contributed by atoms with E-state index >= 15 is 0 Å². The van der Waals surface area contributed by atoms with Crippen LogP contribution in [-0.4, -0.2) is 21.5 Å². The van der Waals surface area contributed by atoms with E-state index in [1.54, 1.807) is 18.3 Å². The zero-order valence-corrected chi connectivity index (χ0v) is 18.2. The van der Waals surface area contributed by atoms with Crippen LogP contribution in [0.5, 0.6) is 0 Å². The van der Waals surface area contributed by atoms with Gasteiger partial charge in [0.2, 0.25) is 0 Å². The number of para-hydroxylation sites is 1. The van der Waals surface area contributed by atoms with E-state index in [4.69, 9.17) is 4.52 Å². The number of nitrogens with zero attached hydrogens (tertiary/aromatic N) is 2. The predicted octanol–water partition coefficient (Wildman–Crippen LogP) is 4.15. The normalized spacial score (nSPS) is 10.9. The van der Waals surface area contributed by atoms with Crippen LogP contribution in [0.25, 0.3) is 10.9 Å². The van der Waals surface area contributed by atoms with Crippen LogP contribution >= 0.6 is 11.8 Å². The first-order valence-corrected chi connectivity index (χ1v) is 10.7. The summed E-state index contributed by atoms with van der Waals surface area (Å²) in [5.41, 5.74) is 8.86. The second-order valence-electron chi connectivity index (χ2n) is 7.17. The number of thioether (sulfide) groups is 1. The van der Waals surface area contributed by atoms with Gasteiger partial charge < -0.3 is 9.09 Å². The van der Waals surface area contributed by atoms with E-state index in [0.717, 1.165) is 32.8 Å². The monoisotopic (exact) mass is 434 g/mol. The molecule has 0 aliphatic heterocycles. The van der Waals surface area contributed by atoms with Crippen LogP contribution in [-0.2, 0) is 12.8 Å². The van der Waals surface area contributed by atoms with Crippen molar-refractivity contribution in [3.8, 4) is 0 Å². The number of aromatic nitrogens is 2. The van der Waals surface area contributed by atoms with Crippen LogP contribution in [0.4, 0.5) is 0 Å². The standard InChI is InChI=1S/C23H22N4O3S/c1-14-19(15(2)30-26-14)13-31-21-11-7-5-9-17(21)22(28)24-25-23(29)18-12-27(3)20-10-6-4-8-16(18)20/h4-12H,13H2,1-3H3,(H,24,28)(H,25,29). The van der Waals surface area contributed by atoms with Gasteiger partial charge in [0, 0.05) is 40.4 Å². The predicted molar refractivity (Wildman–Crippen MR) is 120 cm³/mol. The molecule has 0 fully saturated rings. The first kappa shape index (κ1) is 20.7. The quantitative estimate of drug-likeness (QED) is 0.364. The topological polar surface area (TPSA) is 89.2 Å². The summed E-state index contributed by atoms with van der Waals surface area (Å²) in [4.78, 5) is 26.3. The molecule has 7 nitrogen and oxygen atoms in total. The van der Waals surface area contributed by atoms with Crippen molar-refractivity contribution < 1.29 is 14.1 Å². The molecule has 2 N–H and O–H groups in total. The van der Waals surface area contributed by atoms with Gasteiger partial charge in [-0.15, -0.1) is 11.8 Å².